The maximum atomic E-state index is 12.1. The van der Waals surface area contributed by atoms with Crippen LogP contribution in [0.2, 0.25) is 0 Å². The largest absolute Gasteiger partial charge is 0.493 e. The van der Waals surface area contributed by atoms with Crippen LogP contribution in [0.5, 0.6) is 17.2 Å². The molecule has 8 nitrogen and oxygen atoms in total. The molecule has 1 heterocycles. The van der Waals surface area contributed by atoms with Crippen molar-refractivity contribution in [2.45, 2.75) is 13.5 Å². The number of carbonyl (C=O) groups excluding carboxylic acids is 2. The molecule has 0 saturated carbocycles. The summed E-state index contributed by atoms with van der Waals surface area (Å²) in [4.78, 5) is 25.5. The van der Waals surface area contributed by atoms with Crippen molar-refractivity contribution in [3.05, 3.63) is 47.4 Å². The molecule has 0 fully saturated rings. The lowest BCUT2D eigenvalue weighted by atomic mass is 10.1. The summed E-state index contributed by atoms with van der Waals surface area (Å²) < 4.78 is 26.2. The van der Waals surface area contributed by atoms with Crippen LogP contribution in [-0.4, -0.2) is 51.8 Å². The summed E-state index contributed by atoms with van der Waals surface area (Å²) >= 11 is 0. The molecule has 2 rings (SSSR count). The molecular weight excluding hydrogens is 378 g/mol. The second kappa shape index (κ2) is 10.2. The van der Waals surface area contributed by atoms with E-state index in [0.29, 0.717) is 35.1 Å². The highest BCUT2D eigenvalue weighted by molar-refractivity contribution is 5.89. The molecule has 2 aromatic rings. The summed E-state index contributed by atoms with van der Waals surface area (Å²) in [7, 11) is 6.13. The zero-order valence-corrected chi connectivity index (χ0v) is 17.2. The summed E-state index contributed by atoms with van der Waals surface area (Å²) in [5.74, 6) is 1.82. The number of hydrogen-bond donors (Lipinski definition) is 0. The van der Waals surface area contributed by atoms with Gasteiger partial charge in [-0.15, -0.1) is 0 Å². The first-order chi connectivity index (χ1) is 13.9. The Labute approximate surface area is 169 Å². The van der Waals surface area contributed by atoms with Crippen molar-refractivity contribution in [1.82, 2.24) is 4.90 Å². The van der Waals surface area contributed by atoms with E-state index >= 15 is 0 Å². The van der Waals surface area contributed by atoms with Crippen LogP contribution in [0.25, 0.3) is 6.08 Å². The van der Waals surface area contributed by atoms with Gasteiger partial charge in [0.25, 0.3) is 5.91 Å². The second-order valence-electron chi connectivity index (χ2n) is 6.16. The zero-order chi connectivity index (χ0) is 21.4. The number of carbonyl (C=O) groups is 2. The van der Waals surface area contributed by atoms with Crippen molar-refractivity contribution >= 4 is 18.0 Å². The SMILES string of the molecule is COc1cc(/C=C/C(=O)OCC(=O)N(C)Cc2ccc(C)o2)cc(OC)c1OC. The molecule has 0 N–H and O–H groups in total. The van der Waals surface area contributed by atoms with Gasteiger partial charge < -0.3 is 28.3 Å². The number of rotatable bonds is 9. The number of nitrogens with zero attached hydrogens (tertiary/aromatic N) is 1. The Morgan fingerprint density at radius 1 is 1.07 bits per heavy atom. The van der Waals surface area contributed by atoms with Gasteiger partial charge in [-0.05, 0) is 42.8 Å². The minimum atomic E-state index is -0.644. The minimum absolute atomic E-state index is 0.297. The molecule has 0 radical (unpaired) electrons. The van der Waals surface area contributed by atoms with Crippen molar-refractivity contribution < 1.29 is 33.0 Å². The lowest BCUT2D eigenvalue weighted by Crippen LogP contribution is -2.30. The van der Waals surface area contributed by atoms with Gasteiger partial charge in [0.05, 0.1) is 27.9 Å². The van der Waals surface area contributed by atoms with Gasteiger partial charge >= 0.3 is 5.97 Å². The summed E-state index contributed by atoms with van der Waals surface area (Å²) in [5, 5.41) is 0. The van der Waals surface area contributed by atoms with Crippen LogP contribution in [-0.2, 0) is 20.9 Å². The monoisotopic (exact) mass is 403 g/mol. The Kier molecular flexibility index (Phi) is 7.70. The van der Waals surface area contributed by atoms with Crippen LogP contribution in [0, 0.1) is 6.92 Å². The van der Waals surface area contributed by atoms with Crippen LogP contribution in [0.3, 0.4) is 0 Å². The molecule has 1 amide bonds. The molecule has 0 unspecified atom stereocenters. The second-order valence-corrected chi connectivity index (χ2v) is 6.16. The average Bonchev–Trinajstić information content (AvgIpc) is 3.13. The average molecular weight is 403 g/mol. The highest BCUT2D eigenvalue weighted by Gasteiger charge is 2.14. The van der Waals surface area contributed by atoms with Crippen molar-refractivity contribution in [2.24, 2.45) is 0 Å². The van der Waals surface area contributed by atoms with E-state index in [1.807, 2.05) is 13.0 Å². The van der Waals surface area contributed by atoms with Gasteiger partial charge in [0, 0.05) is 13.1 Å². The van der Waals surface area contributed by atoms with E-state index in [2.05, 4.69) is 0 Å². The molecule has 156 valence electrons. The minimum Gasteiger partial charge on any atom is -0.493 e. The lowest BCUT2D eigenvalue weighted by Gasteiger charge is -2.15. The zero-order valence-electron chi connectivity index (χ0n) is 17.2. The predicted molar refractivity (Wildman–Crippen MR) is 106 cm³/mol. The fourth-order valence-electron chi connectivity index (χ4n) is 2.55. The number of esters is 1. The van der Waals surface area contributed by atoms with E-state index in [9.17, 15) is 9.59 Å². The van der Waals surface area contributed by atoms with Gasteiger partial charge in [0.1, 0.15) is 11.5 Å². The molecule has 0 spiro atoms. The Hall–Kier alpha value is -3.42. The van der Waals surface area contributed by atoms with E-state index in [4.69, 9.17) is 23.4 Å². The topological polar surface area (TPSA) is 87.4 Å². The lowest BCUT2D eigenvalue weighted by molar-refractivity contribution is -0.147. The fraction of sp³-hybridized carbons (Fsp3) is 0.333. The summed E-state index contributed by atoms with van der Waals surface area (Å²) in [6.07, 6.45) is 2.76. The van der Waals surface area contributed by atoms with Gasteiger partial charge in [-0.2, -0.15) is 0 Å². The van der Waals surface area contributed by atoms with Crippen LogP contribution in [0.15, 0.2) is 34.8 Å². The number of amides is 1. The van der Waals surface area contributed by atoms with E-state index in [1.165, 1.54) is 38.4 Å². The molecule has 8 heteroatoms. The molecule has 0 saturated heterocycles. The number of ether oxygens (including phenoxy) is 4. The van der Waals surface area contributed by atoms with E-state index in [0.717, 1.165) is 5.76 Å². The summed E-state index contributed by atoms with van der Waals surface area (Å²) in [5.41, 5.74) is 0.646. The predicted octanol–water partition coefficient (Wildman–Crippen LogP) is 2.83. The Bertz CT molecular complexity index is 860. The maximum absolute atomic E-state index is 12.1. The van der Waals surface area contributed by atoms with Crippen molar-refractivity contribution in [2.75, 3.05) is 35.0 Å². The molecule has 29 heavy (non-hydrogen) atoms. The van der Waals surface area contributed by atoms with Gasteiger partial charge in [-0.1, -0.05) is 0 Å². The Morgan fingerprint density at radius 2 is 1.72 bits per heavy atom. The van der Waals surface area contributed by atoms with Crippen LogP contribution < -0.4 is 14.2 Å². The van der Waals surface area contributed by atoms with Crippen LogP contribution in [0.1, 0.15) is 17.1 Å². The maximum Gasteiger partial charge on any atom is 0.331 e. The van der Waals surface area contributed by atoms with Crippen molar-refractivity contribution in [3.8, 4) is 17.2 Å². The summed E-state index contributed by atoms with van der Waals surface area (Å²) in [6.45, 7) is 1.76. The Morgan fingerprint density at radius 3 is 2.24 bits per heavy atom. The number of likely N-dealkylation sites (N-methyl/N-ethyl adjacent to an activating group) is 1. The van der Waals surface area contributed by atoms with Gasteiger partial charge in [-0.25, -0.2) is 4.79 Å². The van der Waals surface area contributed by atoms with Crippen molar-refractivity contribution in [1.29, 1.82) is 0 Å². The standard InChI is InChI=1S/C21H25NO7/c1-14-6-8-16(29-14)12-22(2)19(23)13-28-20(24)9-7-15-10-17(25-3)21(27-5)18(11-15)26-4/h6-11H,12-13H2,1-5H3/b9-7+. The first kappa shape index (κ1) is 21.9. The van der Waals surface area contributed by atoms with E-state index in [-0.39, 0.29) is 12.5 Å². The van der Waals surface area contributed by atoms with E-state index in [1.54, 1.807) is 25.2 Å². The molecule has 0 bridgehead atoms. The molecular formula is C21H25NO7. The number of benzene rings is 1. The highest BCUT2D eigenvalue weighted by Crippen LogP contribution is 2.38. The third-order valence-corrected chi connectivity index (χ3v) is 4.05. The third-order valence-electron chi connectivity index (χ3n) is 4.05. The summed E-state index contributed by atoms with van der Waals surface area (Å²) in [6, 6.07) is 7.00. The number of methoxy groups -OCH3 is 3. The van der Waals surface area contributed by atoms with Gasteiger partial charge in [-0.3, -0.25) is 4.79 Å². The molecule has 1 aromatic carbocycles. The van der Waals surface area contributed by atoms with Crippen LogP contribution in [0.4, 0.5) is 0 Å². The highest BCUT2D eigenvalue weighted by atomic mass is 16.5. The molecule has 0 atom stereocenters. The van der Waals surface area contributed by atoms with Crippen molar-refractivity contribution in [3.63, 3.8) is 0 Å². The van der Waals surface area contributed by atoms with E-state index < -0.39 is 5.97 Å². The smallest absolute Gasteiger partial charge is 0.331 e. The molecule has 0 aliphatic carbocycles. The molecule has 0 aliphatic rings. The Balaban J connectivity index is 1.93. The van der Waals surface area contributed by atoms with Gasteiger partial charge in [0.2, 0.25) is 5.75 Å². The molecule has 1 aromatic heterocycles. The number of aryl methyl sites for hydroxylation is 1. The quantitative estimate of drug-likeness (QED) is 0.470. The first-order valence-corrected chi connectivity index (χ1v) is 8.82. The first-order valence-electron chi connectivity index (χ1n) is 8.82. The van der Waals surface area contributed by atoms with Crippen LogP contribution >= 0.6 is 0 Å². The number of hydrogen-bond acceptors (Lipinski definition) is 7. The normalized spacial score (nSPS) is 10.7. The molecule has 0 aliphatic heterocycles. The van der Waals surface area contributed by atoms with Gasteiger partial charge in [0.15, 0.2) is 18.1 Å². The third kappa shape index (κ3) is 6.03. The number of furan rings is 1. The fourth-order valence-corrected chi connectivity index (χ4v) is 2.55.